The fourth-order valence-electron chi connectivity index (χ4n) is 3.64. The zero-order valence-corrected chi connectivity index (χ0v) is 14.0. The third-order valence-electron chi connectivity index (χ3n) is 4.25. The van der Waals surface area contributed by atoms with Gasteiger partial charge >= 0.3 is 0 Å². The molecule has 114 valence electrons. The Labute approximate surface area is 120 Å². The van der Waals surface area contributed by atoms with E-state index in [4.69, 9.17) is 4.74 Å². The first kappa shape index (κ1) is 17.0. The maximum atomic E-state index is 6.26. The normalized spacial score (nSPS) is 30.0. The van der Waals surface area contributed by atoms with Gasteiger partial charge in [-0.3, -0.25) is 0 Å². The van der Waals surface area contributed by atoms with Crippen LogP contribution < -0.4 is 5.32 Å². The topological polar surface area (TPSA) is 21.3 Å². The molecule has 2 nitrogen and oxygen atoms in total. The van der Waals surface area contributed by atoms with Crippen molar-refractivity contribution in [3.8, 4) is 0 Å². The quantitative estimate of drug-likeness (QED) is 0.740. The number of nitrogens with one attached hydrogen (secondary N) is 1. The summed E-state index contributed by atoms with van der Waals surface area (Å²) in [5.74, 6) is 0.799. The summed E-state index contributed by atoms with van der Waals surface area (Å²) < 4.78 is 6.26. The van der Waals surface area contributed by atoms with Crippen molar-refractivity contribution in [1.82, 2.24) is 5.32 Å². The molecule has 0 aromatic carbocycles. The molecular formula is C17H35NO. The largest absolute Gasteiger partial charge is 0.374 e. The Balaban J connectivity index is 2.29. The van der Waals surface area contributed by atoms with Crippen molar-refractivity contribution in [3.63, 3.8) is 0 Å². The highest BCUT2D eigenvalue weighted by Gasteiger charge is 2.33. The summed E-state index contributed by atoms with van der Waals surface area (Å²) in [5.41, 5.74) is 0.449. The summed E-state index contributed by atoms with van der Waals surface area (Å²) >= 11 is 0. The number of hydrogen-bond acceptors (Lipinski definition) is 2. The Morgan fingerprint density at radius 3 is 2.53 bits per heavy atom. The highest BCUT2D eigenvalue weighted by Crippen LogP contribution is 2.39. The molecule has 0 aliphatic heterocycles. The molecule has 19 heavy (non-hydrogen) atoms. The Morgan fingerprint density at radius 2 is 1.95 bits per heavy atom. The summed E-state index contributed by atoms with van der Waals surface area (Å²) in [6.07, 6.45) is 7.07. The molecule has 4 atom stereocenters. The maximum Gasteiger partial charge on any atom is 0.0675 e. The van der Waals surface area contributed by atoms with Gasteiger partial charge in [0.05, 0.1) is 12.2 Å². The van der Waals surface area contributed by atoms with E-state index in [0.29, 0.717) is 23.7 Å². The van der Waals surface area contributed by atoms with Gasteiger partial charge in [0, 0.05) is 12.6 Å². The monoisotopic (exact) mass is 269 g/mol. The van der Waals surface area contributed by atoms with E-state index in [0.717, 1.165) is 12.5 Å². The lowest BCUT2D eigenvalue weighted by Gasteiger charge is -2.39. The van der Waals surface area contributed by atoms with Crippen LogP contribution in [0, 0.1) is 11.3 Å². The lowest BCUT2D eigenvalue weighted by molar-refractivity contribution is -0.0581. The van der Waals surface area contributed by atoms with Gasteiger partial charge in [0.1, 0.15) is 0 Å². The predicted molar refractivity (Wildman–Crippen MR) is 83.5 cm³/mol. The van der Waals surface area contributed by atoms with Crippen molar-refractivity contribution in [2.24, 2.45) is 11.3 Å². The third kappa shape index (κ3) is 6.76. The van der Waals surface area contributed by atoms with Crippen LogP contribution in [-0.2, 0) is 4.74 Å². The molecule has 1 N–H and O–H groups in total. The van der Waals surface area contributed by atoms with Gasteiger partial charge in [0.2, 0.25) is 0 Å². The number of hydrogen-bond donors (Lipinski definition) is 1. The number of rotatable bonds is 7. The summed E-state index contributed by atoms with van der Waals surface area (Å²) in [6, 6.07) is 0.609. The Bertz CT molecular complexity index is 252. The van der Waals surface area contributed by atoms with Crippen molar-refractivity contribution >= 4 is 0 Å². The molecule has 0 amide bonds. The molecule has 0 aromatic rings. The van der Waals surface area contributed by atoms with E-state index in [1.807, 2.05) is 0 Å². The molecule has 0 spiro atoms. The Morgan fingerprint density at radius 1 is 1.26 bits per heavy atom. The molecule has 1 saturated carbocycles. The highest BCUT2D eigenvalue weighted by atomic mass is 16.5. The van der Waals surface area contributed by atoms with Crippen molar-refractivity contribution < 1.29 is 4.74 Å². The van der Waals surface area contributed by atoms with Crippen LogP contribution in [0.1, 0.15) is 73.6 Å². The van der Waals surface area contributed by atoms with Gasteiger partial charge in [-0.15, -0.1) is 0 Å². The van der Waals surface area contributed by atoms with Gasteiger partial charge < -0.3 is 10.1 Å². The third-order valence-corrected chi connectivity index (χ3v) is 4.25. The van der Waals surface area contributed by atoms with E-state index in [-0.39, 0.29) is 0 Å². The van der Waals surface area contributed by atoms with Crippen molar-refractivity contribution in [1.29, 1.82) is 0 Å². The standard InChI is InChI=1S/C17H35NO/c1-7-8-14(3)18-12-15(4)19-16-9-13(2)10-17(5,6)11-16/h13-16,18H,7-12H2,1-6H3. The van der Waals surface area contributed by atoms with Crippen LogP contribution in [0.5, 0.6) is 0 Å². The smallest absolute Gasteiger partial charge is 0.0675 e. The summed E-state index contributed by atoms with van der Waals surface area (Å²) in [7, 11) is 0. The first-order chi connectivity index (χ1) is 8.82. The lowest BCUT2D eigenvalue weighted by atomic mass is 9.71. The van der Waals surface area contributed by atoms with Gasteiger partial charge in [-0.05, 0) is 50.9 Å². The molecule has 1 rings (SSSR count). The summed E-state index contributed by atoms with van der Waals surface area (Å²) in [6.45, 7) is 14.8. The van der Waals surface area contributed by atoms with Gasteiger partial charge in [-0.25, -0.2) is 0 Å². The fraction of sp³-hybridized carbons (Fsp3) is 1.00. The van der Waals surface area contributed by atoms with Crippen LogP contribution >= 0.6 is 0 Å². The average molecular weight is 269 g/mol. The minimum Gasteiger partial charge on any atom is -0.374 e. The van der Waals surface area contributed by atoms with E-state index in [9.17, 15) is 0 Å². The van der Waals surface area contributed by atoms with Crippen LogP contribution in [0.15, 0.2) is 0 Å². The van der Waals surface area contributed by atoms with Crippen LogP contribution in [0.25, 0.3) is 0 Å². The molecule has 0 radical (unpaired) electrons. The second-order valence-electron chi connectivity index (χ2n) is 7.58. The predicted octanol–water partition coefficient (Wildman–Crippen LogP) is 4.38. The first-order valence-corrected chi connectivity index (χ1v) is 8.21. The lowest BCUT2D eigenvalue weighted by Crippen LogP contribution is -2.39. The summed E-state index contributed by atoms with van der Waals surface area (Å²) in [5, 5.41) is 3.58. The maximum absolute atomic E-state index is 6.26. The van der Waals surface area contributed by atoms with Gasteiger partial charge in [0.15, 0.2) is 0 Å². The zero-order chi connectivity index (χ0) is 14.5. The van der Waals surface area contributed by atoms with E-state index in [2.05, 4.69) is 46.9 Å². The van der Waals surface area contributed by atoms with E-state index in [1.165, 1.54) is 32.1 Å². The molecule has 0 aromatic heterocycles. The van der Waals surface area contributed by atoms with E-state index >= 15 is 0 Å². The fourth-order valence-corrected chi connectivity index (χ4v) is 3.64. The minimum absolute atomic E-state index is 0.324. The van der Waals surface area contributed by atoms with Gasteiger partial charge in [0.25, 0.3) is 0 Å². The SMILES string of the molecule is CCCC(C)NCC(C)OC1CC(C)CC(C)(C)C1. The van der Waals surface area contributed by atoms with Crippen LogP contribution in [-0.4, -0.2) is 24.8 Å². The number of ether oxygens (including phenoxy) is 1. The van der Waals surface area contributed by atoms with Crippen molar-refractivity contribution in [3.05, 3.63) is 0 Å². The summed E-state index contributed by atoms with van der Waals surface area (Å²) in [4.78, 5) is 0. The van der Waals surface area contributed by atoms with E-state index < -0.39 is 0 Å². The molecule has 0 bridgehead atoms. The molecule has 1 aliphatic rings. The van der Waals surface area contributed by atoms with Crippen LogP contribution in [0.4, 0.5) is 0 Å². The zero-order valence-electron chi connectivity index (χ0n) is 14.0. The van der Waals surface area contributed by atoms with Gasteiger partial charge in [-0.2, -0.15) is 0 Å². The van der Waals surface area contributed by atoms with Crippen LogP contribution in [0.3, 0.4) is 0 Å². The second kappa shape index (κ2) is 7.64. The average Bonchev–Trinajstić information content (AvgIpc) is 2.23. The molecule has 2 heteroatoms. The molecular weight excluding hydrogens is 234 g/mol. The molecule has 1 fully saturated rings. The Kier molecular flexibility index (Phi) is 6.82. The van der Waals surface area contributed by atoms with Gasteiger partial charge in [-0.1, -0.05) is 34.1 Å². The highest BCUT2D eigenvalue weighted by molar-refractivity contribution is 4.84. The molecule has 1 aliphatic carbocycles. The molecule has 4 unspecified atom stereocenters. The van der Waals surface area contributed by atoms with Crippen LogP contribution in [0.2, 0.25) is 0 Å². The second-order valence-corrected chi connectivity index (χ2v) is 7.58. The van der Waals surface area contributed by atoms with Crippen molar-refractivity contribution in [2.75, 3.05) is 6.54 Å². The molecule has 0 heterocycles. The van der Waals surface area contributed by atoms with Crippen molar-refractivity contribution in [2.45, 2.75) is 91.9 Å². The molecule has 0 saturated heterocycles. The first-order valence-electron chi connectivity index (χ1n) is 8.21. The van der Waals surface area contributed by atoms with E-state index in [1.54, 1.807) is 0 Å². The minimum atomic E-state index is 0.324. The Hall–Kier alpha value is -0.0800.